The van der Waals surface area contributed by atoms with E-state index in [2.05, 4.69) is 17.3 Å². The fraction of sp³-hybridized carbons (Fsp3) is 0.647. The van der Waals surface area contributed by atoms with Crippen molar-refractivity contribution < 1.29 is 8.78 Å². The third-order valence-corrected chi connectivity index (χ3v) is 5.35. The van der Waals surface area contributed by atoms with Gasteiger partial charge in [0, 0.05) is 23.7 Å². The molecule has 3 unspecified atom stereocenters. The Balaban J connectivity index is 1.87. The summed E-state index contributed by atoms with van der Waals surface area (Å²) in [7, 11) is 2.20. The lowest BCUT2D eigenvalue weighted by Gasteiger charge is -2.40. The number of nitrogens with zero attached hydrogens (tertiary/aromatic N) is 1. The first-order chi connectivity index (χ1) is 10.1. The second-order valence-electron chi connectivity index (χ2n) is 6.46. The highest BCUT2D eigenvalue weighted by molar-refractivity contribution is 5.24. The average molecular weight is 294 g/mol. The number of piperidine rings is 1. The molecule has 2 nitrogen and oxygen atoms in total. The van der Waals surface area contributed by atoms with Crippen molar-refractivity contribution in [1.29, 1.82) is 0 Å². The third kappa shape index (κ3) is 2.71. The Kier molecular flexibility index (Phi) is 4.27. The van der Waals surface area contributed by atoms with Crippen LogP contribution in [-0.2, 0) is 0 Å². The van der Waals surface area contributed by atoms with E-state index in [0.29, 0.717) is 23.6 Å². The monoisotopic (exact) mass is 294 g/mol. The van der Waals surface area contributed by atoms with E-state index in [1.807, 2.05) is 6.92 Å². The molecule has 2 heterocycles. The van der Waals surface area contributed by atoms with Crippen LogP contribution in [0.2, 0.25) is 0 Å². The van der Waals surface area contributed by atoms with Crippen molar-refractivity contribution in [3.8, 4) is 0 Å². The molecule has 0 amide bonds. The van der Waals surface area contributed by atoms with Crippen molar-refractivity contribution in [3.63, 3.8) is 0 Å². The Hall–Kier alpha value is -1.00. The molecule has 1 aromatic rings. The van der Waals surface area contributed by atoms with Crippen molar-refractivity contribution in [2.24, 2.45) is 5.92 Å². The molecule has 0 radical (unpaired) electrons. The molecule has 0 spiro atoms. The van der Waals surface area contributed by atoms with Crippen molar-refractivity contribution in [3.05, 3.63) is 35.4 Å². The minimum Gasteiger partial charge on any atom is -0.310 e. The molecular formula is C17H24F2N2. The molecule has 1 aromatic carbocycles. The van der Waals surface area contributed by atoms with Crippen LogP contribution in [0, 0.1) is 17.6 Å². The van der Waals surface area contributed by atoms with Gasteiger partial charge >= 0.3 is 0 Å². The molecule has 2 fully saturated rings. The van der Waals surface area contributed by atoms with Crippen molar-refractivity contribution in [1.82, 2.24) is 10.2 Å². The van der Waals surface area contributed by atoms with Crippen LogP contribution >= 0.6 is 0 Å². The van der Waals surface area contributed by atoms with Crippen molar-refractivity contribution >= 4 is 0 Å². The van der Waals surface area contributed by atoms with Gasteiger partial charge in [-0.2, -0.15) is 0 Å². The van der Waals surface area contributed by atoms with Crippen LogP contribution in [-0.4, -0.2) is 30.6 Å². The predicted molar refractivity (Wildman–Crippen MR) is 80.1 cm³/mol. The highest BCUT2D eigenvalue weighted by Gasteiger charge is 2.41. The maximum absolute atomic E-state index is 14.2. The second-order valence-corrected chi connectivity index (χ2v) is 6.46. The normalized spacial score (nSPS) is 30.6. The summed E-state index contributed by atoms with van der Waals surface area (Å²) >= 11 is 0. The Bertz CT molecular complexity index is 492. The van der Waals surface area contributed by atoms with E-state index in [0.717, 1.165) is 19.4 Å². The molecule has 0 aliphatic carbocycles. The Labute approximate surface area is 125 Å². The van der Waals surface area contributed by atoms with Gasteiger partial charge < -0.3 is 10.2 Å². The van der Waals surface area contributed by atoms with E-state index < -0.39 is 11.6 Å². The van der Waals surface area contributed by atoms with Gasteiger partial charge in [-0.3, -0.25) is 0 Å². The first-order valence-electron chi connectivity index (χ1n) is 8.01. The zero-order chi connectivity index (χ0) is 15.0. The molecule has 0 saturated carbocycles. The van der Waals surface area contributed by atoms with Gasteiger partial charge in [0.1, 0.15) is 0 Å². The Morgan fingerprint density at radius 3 is 2.52 bits per heavy atom. The van der Waals surface area contributed by atoms with Crippen LogP contribution in [0.15, 0.2) is 18.2 Å². The van der Waals surface area contributed by atoms with Crippen LogP contribution in [0.3, 0.4) is 0 Å². The van der Waals surface area contributed by atoms with Gasteiger partial charge in [-0.05, 0) is 51.3 Å². The number of hydrogen-bond donors (Lipinski definition) is 1. The van der Waals surface area contributed by atoms with Gasteiger partial charge in [-0.1, -0.05) is 19.1 Å². The largest absolute Gasteiger partial charge is 0.310 e. The van der Waals surface area contributed by atoms with E-state index in [4.69, 9.17) is 0 Å². The SMILES string of the molecule is CCNC(c1cccc(F)c1F)C1CC2CCC(C1)N2C. The number of fused-ring (bicyclic) bond motifs is 2. The molecule has 2 saturated heterocycles. The molecule has 1 N–H and O–H groups in total. The van der Waals surface area contributed by atoms with E-state index in [9.17, 15) is 8.78 Å². The quantitative estimate of drug-likeness (QED) is 0.914. The van der Waals surface area contributed by atoms with Gasteiger partial charge in [-0.15, -0.1) is 0 Å². The molecule has 2 bridgehead atoms. The first-order valence-corrected chi connectivity index (χ1v) is 8.01. The highest BCUT2D eigenvalue weighted by atomic mass is 19.2. The second kappa shape index (κ2) is 6.01. The number of nitrogens with one attached hydrogen (secondary N) is 1. The van der Waals surface area contributed by atoms with Crippen LogP contribution in [0.1, 0.15) is 44.2 Å². The number of rotatable bonds is 4. The molecule has 21 heavy (non-hydrogen) atoms. The maximum Gasteiger partial charge on any atom is 0.163 e. The summed E-state index contributed by atoms with van der Waals surface area (Å²) < 4.78 is 27.8. The van der Waals surface area contributed by atoms with Gasteiger partial charge in [0.2, 0.25) is 0 Å². The van der Waals surface area contributed by atoms with E-state index >= 15 is 0 Å². The summed E-state index contributed by atoms with van der Waals surface area (Å²) in [6.45, 7) is 2.79. The molecule has 2 aliphatic rings. The number of halogens is 2. The Morgan fingerprint density at radius 1 is 1.24 bits per heavy atom. The fourth-order valence-electron chi connectivity index (χ4n) is 4.24. The molecule has 4 heteroatoms. The summed E-state index contributed by atoms with van der Waals surface area (Å²) in [6, 6.07) is 5.66. The van der Waals surface area contributed by atoms with Crippen molar-refractivity contribution in [2.45, 2.75) is 50.7 Å². The average Bonchev–Trinajstić information content (AvgIpc) is 2.70. The van der Waals surface area contributed by atoms with Crippen LogP contribution in [0.5, 0.6) is 0 Å². The van der Waals surface area contributed by atoms with Gasteiger partial charge in [0.05, 0.1) is 0 Å². The summed E-state index contributed by atoms with van der Waals surface area (Å²) in [5.74, 6) is -1.05. The zero-order valence-electron chi connectivity index (χ0n) is 12.8. The fourth-order valence-corrected chi connectivity index (χ4v) is 4.24. The maximum atomic E-state index is 14.2. The van der Waals surface area contributed by atoms with Gasteiger partial charge in [-0.25, -0.2) is 8.78 Å². The standard InChI is InChI=1S/C17H24F2N2/c1-3-20-17(14-5-4-6-15(18)16(14)19)11-9-12-7-8-13(10-11)21(12)2/h4-6,11-13,17,20H,3,7-10H2,1-2H3. The minimum absolute atomic E-state index is 0.0810. The molecule has 3 rings (SSSR count). The van der Waals surface area contributed by atoms with Crippen LogP contribution in [0.4, 0.5) is 8.78 Å². The van der Waals surface area contributed by atoms with E-state index in [-0.39, 0.29) is 6.04 Å². The highest BCUT2D eigenvalue weighted by Crippen LogP contribution is 2.43. The molecular weight excluding hydrogens is 270 g/mol. The van der Waals surface area contributed by atoms with Gasteiger partial charge in [0.15, 0.2) is 11.6 Å². The molecule has 0 aromatic heterocycles. The topological polar surface area (TPSA) is 15.3 Å². The predicted octanol–water partition coefficient (Wildman–Crippen LogP) is 3.49. The summed E-state index contributed by atoms with van der Waals surface area (Å²) in [5.41, 5.74) is 0.491. The summed E-state index contributed by atoms with van der Waals surface area (Å²) in [4.78, 5) is 2.47. The van der Waals surface area contributed by atoms with Gasteiger partial charge in [0.25, 0.3) is 0 Å². The lowest BCUT2D eigenvalue weighted by atomic mass is 9.82. The van der Waals surface area contributed by atoms with Crippen LogP contribution in [0.25, 0.3) is 0 Å². The van der Waals surface area contributed by atoms with E-state index in [1.165, 1.54) is 18.9 Å². The molecule has 116 valence electrons. The lowest BCUT2D eigenvalue weighted by molar-refractivity contribution is 0.112. The third-order valence-electron chi connectivity index (χ3n) is 5.35. The van der Waals surface area contributed by atoms with E-state index in [1.54, 1.807) is 12.1 Å². The Morgan fingerprint density at radius 2 is 1.90 bits per heavy atom. The number of benzene rings is 1. The smallest absolute Gasteiger partial charge is 0.163 e. The molecule has 2 aliphatic heterocycles. The molecule has 3 atom stereocenters. The number of hydrogen-bond acceptors (Lipinski definition) is 2. The summed E-state index contributed by atoms with van der Waals surface area (Å²) in [5, 5.41) is 3.40. The summed E-state index contributed by atoms with van der Waals surface area (Å²) in [6.07, 6.45) is 4.62. The first kappa shape index (κ1) is 14.9. The minimum atomic E-state index is -0.744. The van der Waals surface area contributed by atoms with Crippen molar-refractivity contribution in [2.75, 3.05) is 13.6 Å². The van der Waals surface area contributed by atoms with Crippen LogP contribution < -0.4 is 5.32 Å². The lowest BCUT2D eigenvalue weighted by Crippen LogP contribution is -2.44. The zero-order valence-corrected chi connectivity index (χ0v) is 12.8.